The van der Waals surface area contributed by atoms with E-state index in [-0.39, 0.29) is 0 Å². The van der Waals surface area contributed by atoms with E-state index in [2.05, 4.69) is 55.6 Å². The van der Waals surface area contributed by atoms with Gasteiger partial charge in [-0.15, -0.1) is 0 Å². The van der Waals surface area contributed by atoms with Crippen molar-refractivity contribution in [1.29, 1.82) is 0 Å². The van der Waals surface area contributed by atoms with Gasteiger partial charge in [-0.3, -0.25) is 0 Å². The molecule has 1 heterocycles. The van der Waals surface area contributed by atoms with Gasteiger partial charge < -0.3 is 10.1 Å². The van der Waals surface area contributed by atoms with E-state index >= 15 is 0 Å². The molecule has 0 amide bonds. The molecule has 0 saturated carbocycles. The van der Waals surface area contributed by atoms with Gasteiger partial charge in [0.1, 0.15) is 5.75 Å². The fraction of sp³-hybridized carbons (Fsp3) is 0.294. The van der Waals surface area contributed by atoms with E-state index in [4.69, 9.17) is 4.74 Å². The number of benzene rings is 2. The Bertz CT molecular complexity index is 604. The Hall–Kier alpha value is -1.96. The average Bonchev–Trinajstić information content (AvgIpc) is 2.88. The number of fused-ring (bicyclic) bond motifs is 1. The highest BCUT2D eigenvalue weighted by Crippen LogP contribution is 2.26. The summed E-state index contributed by atoms with van der Waals surface area (Å²) in [5, 5.41) is 3.52. The van der Waals surface area contributed by atoms with Crippen LogP contribution in [0.1, 0.15) is 22.3 Å². The van der Waals surface area contributed by atoms with Gasteiger partial charge in [0.15, 0.2) is 0 Å². The van der Waals surface area contributed by atoms with Crippen molar-refractivity contribution in [3.05, 3.63) is 58.7 Å². The minimum atomic E-state index is 0.823. The molecular weight excluding hydrogens is 234 g/mol. The molecule has 19 heavy (non-hydrogen) atoms. The van der Waals surface area contributed by atoms with Crippen molar-refractivity contribution in [3.8, 4) is 5.75 Å². The molecule has 98 valence electrons. The number of rotatable bonds is 3. The van der Waals surface area contributed by atoms with Crippen molar-refractivity contribution in [2.45, 2.75) is 26.8 Å². The first-order chi connectivity index (χ1) is 9.24. The molecule has 2 heteroatoms. The van der Waals surface area contributed by atoms with Crippen molar-refractivity contribution >= 4 is 5.69 Å². The van der Waals surface area contributed by atoms with Gasteiger partial charge in [0.25, 0.3) is 0 Å². The standard InChI is InChI=1S/C17H19NO/c1-12-4-3-5-16(13(12)2)18-11-14-6-7-17-15(10-14)8-9-19-17/h3-7,10,18H,8-9,11H2,1-2H3. The third-order valence-corrected chi connectivity index (χ3v) is 3.84. The molecule has 0 unspecified atom stereocenters. The fourth-order valence-corrected chi connectivity index (χ4v) is 2.49. The van der Waals surface area contributed by atoms with Crippen LogP contribution in [-0.2, 0) is 13.0 Å². The Kier molecular flexibility index (Phi) is 3.16. The van der Waals surface area contributed by atoms with E-state index in [0.717, 1.165) is 25.3 Å². The molecule has 2 nitrogen and oxygen atoms in total. The highest BCUT2D eigenvalue weighted by atomic mass is 16.5. The highest BCUT2D eigenvalue weighted by molar-refractivity contribution is 5.54. The first kappa shape index (κ1) is 12.1. The molecule has 0 fully saturated rings. The van der Waals surface area contributed by atoms with Crippen molar-refractivity contribution in [2.75, 3.05) is 11.9 Å². The van der Waals surface area contributed by atoms with Crippen LogP contribution in [0.2, 0.25) is 0 Å². The third-order valence-electron chi connectivity index (χ3n) is 3.84. The predicted octanol–water partition coefficient (Wildman–Crippen LogP) is 3.85. The summed E-state index contributed by atoms with van der Waals surface area (Å²) in [6.45, 7) is 5.99. The number of hydrogen-bond acceptors (Lipinski definition) is 2. The molecule has 0 atom stereocenters. The summed E-state index contributed by atoms with van der Waals surface area (Å²) in [6.07, 6.45) is 1.03. The third kappa shape index (κ3) is 2.43. The van der Waals surface area contributed by atoms with Gasteiger partial charge in [-0.1, -0.05) is 24.3 Å². The molecule has 1 aliphatic heterocycles. The lowest BCUT2D eigenvalue weighted by atomic mass is 10.1. The van der Waals surface area contributed by atoms with Gasteiger partial charge in [0, 0.05) is 18.7 Å². The largest absolute Gasteiger partial charge is 0.493 e. The first-order valence-corrected chi connectivity index (χ1v) is 6.79. The molecule has 3 rings (SSSR count). The lowest BCUT2D eigenvalue weighted by molar-refractivity contribution is 0.357. The van der Waals surface area contributed by atoms with Gasteiger partial charge >= 0.3 is 0 Å². The number of anilines is 1. The maximum absolute atomic E-state index is 5.53. The van der Waals surface area contributed by atoms with Crippen LogP contribution in [-0.4, -0.2) is 6.61 Å². The quantitative estimate of drug-likeness (QED) is 0.897. The zero-order chi connectivity index (χ0) is 13.2. The molecule has 0 saturated heterocycles. The predicted molar refractivity (Wildman–Crippen MR) is 78.9 cm³/mol. The zero-order valence-electron chi connectivity index (χ0n) is 11.5. The maximum Gasteiger partial charge on any atom is 0.122 e. The van der Waals surface area contributed by atoms with Crippen LogP contribution >= 0.6 is 0 Å². The molecule has 0 aromatic heterocycles. The van der Waals surface area contributed by atoms with Gasteiger partial charge in [-0.25, -0.2) is 0 Å². The second-order valence-electron chi connectivity index (χ2n) is 5.14. The van der Waals surface area contributed by atoms with E-state index in [1.807, 2.05) is 0 Å². The normalized spacial score (nSPS) is 12.9. The topological polar surface area (TPSA) is 21.3 Å². The van der Waals surface area contributed by atoms with Crippen LogP contribution in [0, 0.1) is 13.8 Å². The summed E-state index contributed by atoms with van der Waals surface area (Å²) >= 11 is 0. The highest BCUT2D eigenvalue weighted by Gasteiger charge is 2.11. The maximum atomic E-state index is 5.53. The smallest absolute Gasteiger partial charge is 0.122 e. The molecule has 0 radical (unpaired) electrons. The van der Waals surface area contributed by atoms with Crippen molar-refractivity contribution in [1.82, 2.24) is 0 Å². The number of aryl methyl sites for hydroxylation is 1. The van der Waals surface area contributed by atoms with E-state index in [9.17, 15) is 0 Å². The van der Waals surface area contributed by atoms with Crippen LogP contribution in [0.15, 0.2) is 36.4 Å². The second-order valence-corrected chi connectivity index (χ2v) is 5.14. The Labute approximate surface area is 114 Å². The Morgan fingerprint density at radius 3 is 2.95 bits per heavy atom. The zero-order valence-corrected chi connectivity index (χ0v) is 11.5. The summed E-state index contributed by atoms with van der Waals surface area (Å²) < 4.78 is 5.53. The molecule has 2 aromatic rings. The second kappa shape index (κ2) is 4.96. The lowest BCUT2D eigenvalue weighted by Crippen LogP contribution is -2.02. The molecule has 1 N–H and O–H groups in total. The molecule has 1 aliphatic rings. The Morgan fingerprint density at radius 2 is 2.05 bits per heavy atom. The van der Waals surface area contributed by atoms with E-state index in [1.165, 1.54) is 27.9 Å². The SMILES string of the molecule is Cc1cccc(NCc2ccc3c(c2)CCO3)c1C. The summed E-state index contributed by atoms with van der Waals surface area (Å²) in [5.41, 5.74) is 6.52. The number of nitrogens with one attached hydrogen (secondary N) is 1. The van der Waals surface area contributed by atoms with Gasteiger partial charge in [0.05, 0.1) is 6.61 Å². The van der Waals surface area contributed by atoms with Gasteiger partial charge in [-0.2, -0.15) is 0 Å². The van der Waals surface area contributed by atoms with Crippen LogP contribution < -0.4 is 10.1 Å². The van der Waals surface area contributed by atoms with Crippen molar-refractivity contribution < 1.29 is 4.74 Å². The van der Waals surface area contributed by atoms with E-state index in [1.54, 1.807) is 0 Å². The van der Waals surface area contributed by atoms with Crippen LogP contribution in [0.5, 0.6) is 5.75 Å². The number of hydrogen-bond donors (Lipinski definition) is 1. The summed E-state index contributed by atoms with van der Waals surface area (Å²) in [5.74, 6) is 1.05. The van der Waals surface area contributed by atoms with Crippen molar-refractivity contribution in [2.24, 2.45) is 0 Å². The minimum Gasteiger partial charge on any atom is -0.493 e. The fourth-order valence-electron chi connectivity index (χ4n) is 2.49. The molecule has 2 aromatic carbocycles. The van der Waals surface area contributed by atoms with Crippen LogP contribution in [0.4, 0.5) is 5.69 Å². The van der Waals surface area contributed by atoms with Crippen LogP contribution in [0.25, 0.3) is 0 Å². The minimum absolute atomic E-state index is 0.823. The van der Waals surface area contributed by atoms with Gasteiger partial charge in [-0.05, 0) is 48.2 Å². The Morgan fingerprint density at radius 1 is 1.16 bits per heavy atom. The molecule has 0 spiro atoms. The monoisotopic (exact) mass is 253 g/mol. The summed E-state index contributed by atoms with van der Waals surface area (Å²) in [4.78, 5) is 0. The average molecular weight is 253 g/mol. The molecule has 0 aliphatic carbocycles. The van der Waals surface area contributed by atoms with Gasteiger partial charge in [0.2, 0.25) is 0 Å². The first-order valence-electron chi connectivity index (χ1n) is 6.79. The van der Waals surface area contributed by atoms with E-state index in [0.29, 0.717) is 0 Å². The Balaban J connectivity index is 1.74. The number of ether oxygens (including phenoxy) is 1. The lowest BCUT2D eigenvalue weighted by Gasteiger charge is -2.12. The summed E-state index contributed by atoms with van der Waals surface area (Å²) in [6, 6.07) is 12.9. The molecule has 0 bridgehead atoms. The van der Waals surface area contributed by atoms with Crippen LogP contribution in [0.3, 0.4) is 0 Å². The van der Waals surface area contributed by atoms with E-state index < -0.39 is 0 Å². The summed E-state index contributed by atoms with van der Waals surface area (Å²) in [7, 11) is 0. The van der Waals surface area contributed by atoms with Crippen molar-refractivity contribution in [3.63, 3.8) is 0 Å². The molecular formula is C17H19NO.